The van der Waals surface area contributed by atoms with Gasteiger partial charge in [-0.2, -0.15) is 0 Å². The maximum Gasteiger partial charge on any atom is 0.330 e. The molecule has 0 fully saturated rings. The van der Waals surface area contributed by atoms with E-state index in [1.807, 2.05) is 50.2 Å². The molecule has 34 heavy (non-hydrogen) atoms. The van der Waals surface area contributed by atoms with E-state index >= 15 is 0 Å². The van der Waals surface area contributed by atoms with Gasteiger partial charge in [0.25, 0.3) is 5.56 Å². The summed E-state index contributed by atoms with van der Waals surface area (Å²) in [6, 6.07) is 11.5. The zero-order chi connectivity index (χ0) is 25.0. The average Bonchev–Trinajstić information content (AvgIpc) is 2.81. The van der Waals surface area contributed by atoms with Gasteiger partial charge in [0.1, 0.15) is 11.6 Å². The number of rotatable bonds is 9. The maximum atomic E-state index is 13.7. The second-order valence-electron chi connectivity index (χ2n) is 8.67. The van der Waals surface area contributed by atoms with Crippen molar-refractivity contribution in [2.45, 2.75) is 33.2 Å². The van der Waals surface area contributed by atoms with Gasteiger partial charge >= 0.3 is 5.69 Å². The number of aromatic amines is 1. The van der Waals surface area contributed by atoms with Crippen molar-refractivity contribution in [3.8, 4) is 5.75 Å². The predicted molar refractivity (Wildman–Crippen MR) is 134 cm³/mol. The summed E-state index contributed by atoms with van der Waals surface area (Å²) >= 11 is 0. The van der Waals surface area contributed by atoms with Gasteiger partial charge in [0.05, 0.1) is 19.6 Å². The maximum absolute atomic E-state index is 13.7. The fourth-order valence-corrected chi connectivity index (χ4v) is 3.91. The van der Waals surface area contributed by atoms with Crippen molar-refractivity contribution in [3.63, 3.8) is 0 Å². The average molecular weight is 469 g/mol. The van der Waals surface area contributed by atoms with Gasteiger partial charge in [-0.3, -0.25) is 19.1 Å². The van der Waals surface area contributed by atoms with E-state index < -0.39 is 17.2 Å². The van der Waals surface area contributed by atoms with Crippen molar-refractivity contribution in [1.82, 2.24) is 9.55 Å². The Bertz CT molecular complexity index is 1290. The lowest BCUT2D eigenvalue weighted by Crippen LogP contribution is -2.44. The number of nitrogen functional groups attached to an aromatic ring is 1. The summed E-state index contributed by atoms with van der Waals surface area (Å²) in [6.45, 7) is 6.26. The highest BCUT2D eigenvalue weighted by Crippen LogP contribution is 2.28. The highest BCUT2D eigenvalue weighted by molar-refractivity contribution is 6.00. The Morgan fingerprint density at radius 3 is 2.41 bits per heavy atom. The van der Waals surface area contributed by atoms with Crippen LogP contribution in [0.25, 0.3) is 10.8 Å². The molecule has 0 saturated heterocycles. The summed E-state index contributed by atoms with van der Waals surface area (Å²) in [5.41, 5.74) is 5.72. The van der Waals surface area contributed by atoms with Crippen molar-refractivity contribution in [1.29, 1.82) is 0 Å². The van der Waals surface area contributed by atoms with E-state index in [1.165, 1.54) is 16.6 Å². The molecule has 1 amide bonds. The summed E-state index contributed by atoms with van der Waals surface area (Å²) in [6.07, 6.45) is 0. The normalized spacial score (nSPS) is 12.2. The third-order valence-electron chi connectivity index (χ3n) is 5.76. The van der Waals surface area contributed by atoms with E-state index in [1.54, 1.807) is 14.0 Å². The number of anilines is 2. The Hall–Kier alpha value is -3.59. The number of nitrogens with zero attached hydrogens (tertiary/aromatic N) is 2. The van der Waals surface area contributed by atoms with Crippen LogP contribution in [-0.2, 0) is 16.1 Å². The van der Waals surface area contributed by atoms with Crippen LogP contribution in [0.2, 0.25) is 0 Å². The SMILES string of the molecule is COCCN(C(=O)C(C)c1ccc2cc(OC)ccc2c1)c1c(N)n(CC(C)C)c(=O)[nH]c1=O. The first-order chi connectivity index (χ1) is 16.2. The van der Waals surface area contributed by atoms with Gasteiger partial charge in [-0.25, -0.2) is 4.79 Å². The van der Waals surface area contributed by atoms with Crippen LogP contribution in [0.4, 0.5) is 11.5 Å². The Morgan fingerprint density at radius 1 is 1.09 bits per heavy atom. The summed E-state index contributed by atoms with van der Waals surface area (Å²) in [5.74, 6) is -0.0763. The van der Waals surface area contributed by atoms with Crippen LogP contribution in [0.3, 0.4) is 0 Å². The minimum Gasteiger partial charge on any atom is -0.497 e. The molecule has 0 bridgehead atoms. The van der Waals surface area contributed by atoms with Crippen molar-refractivity contribution in [2.24, 2.45) is 5.92 Å². The minimum atomic E-state index is -0.704. The van der Waals surface area contributed by atoms with Crippen molar-refractivity contribution < 1.29 is 14.3 Å². The molecule has 1 unspecified atom stereocenters. The van der Waals surface area contributed by atoms with E-state index in [-0.39, 0.29) is 36.5 Å². The van der Waals surface area contributed by atoms with Crippen LogP contribution in [0.15, 0.2) is 46.0 Å². The minimum absolute atomic E-state index is 0.0373. The molecule has 0 radical (unpaired) electrons. The van der Waals surface area contributed by atoms with Gasteiger partial charge in [0.15, 0.2) is 5.69 Å². The molecule has 0 aliphatic rings. The highest BCUT2D eigenvalue weighted by Gasteiger charge is 2.28. The second kappa shape index (κ2) is 10.6. The molecule has 0 aliphatic heterocycles. The Labute approximate surface area is 198 Å². The molecule has 0 aliphatic carbocycles. The summed E-state index contributed by atoms with van der Waals surface area (Å²) in [7, 11) is 3.12. The summed E-state index contributed by atoms with van der Waals surface area (Å²) in [4.78, 5) is 42.5. The summed E-state index contributed by atoms with van der Waals surface area (Å²) < 4.78 is 11.8. The van der Waals surface area contributed by atoms with E-state index in [4.69, 9.17) is 15.2 Å². The fourth-order valence-electron chi connectivity index (χ4n) is 3.91. The van der Waals surface area contributed by atoms with E-state index in [0.29, 0.717) is 6.54 Å². The van der Waals surface area contributed by atoms with Crippen LogP contribution in [0, 0.1) is 5.92 Å². The van der Waals surface area contributed by atoms with Gasteiger partial charge in [-0.1, -0.05) is 38.1 Å². The number of fused-ring (bicyclic) bond motifs is 1. The molecule has 182 valence electrons. The number of hydrogen-bond acceptors (Lipinski definition) is 6. The molecule has 3 rings (SSSR count). The number of hydrogen-bond donors (Lipinski definition) is 2. The number of methoxy groups -OCH3 is 2. The van der Waals surface area contributed by atoms with Crippen LogP contribution >= 0.6 is 0 Å². The number of ether oxygens (including phenoxy) is 2. The molecular weight excluding hydrogens is 436 g/mol. The Kier molecular flexibility index (Phi) is 7.78. The Morgan fingerprint density at radius 2 is 1.76 bits per heavy atom. The topological polar surface area (TPSA) is 120 Å². The Balaban J connectivity index is 2.04. The van der Waals surface area contributed by atoms with Crippen LogP contribution in [0.1, 0.15) is 32.3 Å². The van der Waals surface area contributed by atoms with Crippen molar-refractivity contribution >= 4 is 28.2 Å². The number of aromatic nitrogens is 2. The lowest BCUT2D eigenvalue weighted by atomic mass is 9.96. The zero-order valence-electron chi connectivity index (χ0n) is 20.3. The third-order valence-corrected chi connectivity index (χ3v) is 5.76. The van der Waals surface area contributed by atoms with E-state index in [9.17, 15) is 14.4 Å². The quantitative estimate of drug-likeness (QED) is 0.498. The molecule has 1 aromatic heterocycles. The molecular formula is C25H32N4O5. The smallest absolute Gasteiger partial charge is 0.330 e. The number of nitrogens with one attached hydrogen (secondary N) is 1. The molecule has 0 spiro atoms. The largest absolute Gasteiger partial charge is 0.497 e. The van der Waals surface area contributed by atoms with Gasteiger partial charge in [-0.15, -0.1) is 0 Å². The van der Waals surface area contributed by atoms with Crippen LogP contribution in [-0.4, -0.2) is 42.8 Å². The van der Waals surface area contributed by atoms with Crippen molar-refractivity contribution in [3.05, 3.63) is 62.8 Å². The van der Waals surface area contributed by atoms with Crippen LogP contribution in [0.5, 0.6) is 5.75 Å². The van der Waals surface area contributed by atoms with Crippen LogP contribution < -0.4 is 26.6 Å². The number of carbonyl (C=O) groups excluding carboxylic acids is 1. The first-order valence-electron chi connectivity index (χ1n) is 11.2. The summed E-state index contributed by atoms with van der Waals surface area (Å²) in [5, 5.41) is 1.95. The van der Waals surface area contributed by atoms with Gasteiger partial charge in [-0.05, 0) is 41.3 Å². The molecule has 0 saturated carbocycles. The molecule has 3 aromatic rings. The first kappa shape index (κ1) is 25.0. The molecule has 9 nitrogen and oxygen atoms in total. The van der Waals surface area contributed by atoms with Gasteiger partial charge < -0.3 is 20.1 Å². The molecule has 1 atom stereocenters. The number of H-pyrrole nitrogens is 1. The molecule has 2 aromatic carbocycles. The monoisotopic (exact) mass is 468 g/mol. The third kappa shape index (κ3) is 5.14. The highest BCUT2D eigenvalue weighted by atomic mass is 16.5. The number of benzene rings is 2. The van der Waals surface area contributed by atoms with Gasteiger partial charge in [0.2, 0.25) is 5.91 Å². The zero-order valence-corrected chi connectivity index (χ0v) is 20.3. The molecule has 9 heteroatoms. The van der Waals surface area contributed by atoms with Gasteiger partial charge in [0, 0.05) is 20.2 Å². The second-order valence-corrected chi connectivity index (χ2v) is 8.67. The number of amides is 1. The predicted octanol–water partition coefficient (Wildman–Crippen LogP) is 2.72. The first-order valence-corrected chi connectivity index (χ1v) is 11.2. The lowest BCUT2D eigenvalue weighted by molar-refractivity contribution is -0.119. The molecule has 3 N–H and O–H groups in total. The van der Waals surface area contributed by atoms with Crippen molar-refractivity contribution in [2.75, 3.05) is 38.0 Å². The number of nitrogens with two attached hydrogens (primary N) is 1. The lowest BCUT2D eigenvalue weighted by Gasteiger charge is -2.27. The fraction of sp³-hybridized carbons (Fsp3) is 0.400. The standard InChI is InChI=1S/C25H32N4O5/c1-15(2)14-29-22(26)21(23(30)27-25(29)32)28(10-11-33-4)24(31)16(3)17-6-7-19-13-20(34-5)9-8-18(19)12-17/h6-9,12-13,15-16H,10-11,14,26H2,1-5H3,(H,27,30,32). The van der Waals surface area contributed by atoms with E-state index in [0.717, 1.165) is 22.1 Å². The van der Waals surface area contributed by atoms with E-state index in [2.05, 4.69) is 4.98 Å². The molecule has 1 heterocycles. The number of carbonyl (C=O) groups is 1.